The minimum Gasteiger partial charge on any atom is -0.385 e. The molecule has 4 N–H and O–H groups in total. The summed E-state index contributed by atoms with van der Waals surface area (Å²) >= 11 is 5.94. The zero-order chi connectivity index (χ0) is 20.0. The van der Waals surface area contributed by atoms with E-state index in [2.05, 4.69) is 46.7 Å². The van der Waals surface area contributed by atoms with E-state index in [-0.39, 0.29) is 17.8 Å². The smallest absolute Gasteiger partial charge is 0.239 e. The third-order valence-corrected chi connectivity index (χ3v) is 6.32. The van der Waals surface area contributed by atoms with Gasteiger partial charge in [0.15, 0.2) is 0 Å². The number of anilines is 1. The van der Waals surface area contributed by atoms with E-state index in [1.54, 1.807) is 4.90 Å². The van der Waals surface area contributed by atoms with Crippen LogP contribution in [-0.2, 0) is 11.2 Å². The van der Waals surface area contributed by atoms with E-state index in [0.29, 0.717) is 6.42 Å². The highest BCUT2D eigenvalue weighted by atomic mass is 35.5. The molecule has 1 saturated carbocycles. The maximum atomic E-state index is 12.7. The summed E-state index contributed by atoms with van der Waals surface area (Å²) in [7, 11) is 0. The summed E-state index contributed by atoms with van der Waals surface area (Å²) in [6, 6.07) is 16.3. The summed E-state index contributed by atoms with van der Waals surface area (Å²) < 4.78 is 0. The molecular weight excluding hydrogens is 384 g/mol. The average Bonchev–Trinajstić information content (AvgIpc) is 3.51. The highest BCUT2D eigenvalue weighted by Gasteiger charge is 2.38. The van der Waals surface area contributed by atoms with Crippen LogP contribution in [0.5, 0.6) is 0 Å². The number of hydrogen-bond donors (Lipinski definition) is 3. The molecular formula is C23H25ClN4O. The molecule has 2 aromatic carbocycles. The molecule has 2 heterocycles. The van der Waals surface area contributed by atoms with Crippen LogP contribution in [0.25, 0.3) is 10.9 Å². The number of hydrogen-bond acceptors (Lipinski definition) is 3. The van der Waals surface area contributed by atoms with Crippen LogP contribution in [0.1, 0.15) is 35.7 Å². The molecule has 1 fully saturated rings. The Bertz CT molecular complexity index is 1040. The Kier molecular flexibility index (Phi) is 4.72. The molecule has 3 aromatic rings. The van der Waals surface area contributed by atoms with Gasteiger partial charge in [-0.15, -0.1) is 11.6 Å². The number of aromatic nitrogens is 1. The average molecular weight is 409 g/mol. The molecule has 150 valence electrons. The van der Waals surface area contributed by atoms with E-state index in [9.17, 15) is 4.79 Å². The van der Waals surface area contributed by atoms with Crippen molar-refractivity contribution in [1.29, 1.82) is 0 Å². The molecule has 0 bridgehead atoms. The van der Waals surface area contributed by atoms with Gasteiger partial charge in [0.25, 0.3) is 0 Å². The SMILES string of the molecule is N[C@H]1Cc2c([nH]c3ccccc23)[C@H](c2ccc(NCC3CC3)cc2)N1C(=O)CCl. The van der Waals surface area contributed by atoms with E-state index >= 15 is 0 Å². The first-order chi connectivity index (χ1) is 14.2. The molecule has 1 aliphatic carbocycles. The van der Waals surface area contributed by atoms with Crippen LogP contribution in [0, 0.1) is 5.92 Å². The summed E-state index contributed by atoms with van der Waals surface area (Å²) in [6.07, 6.45) is 2.85. The zero-order valence-electron chi connectivity index (χ0n) is 16.2. The molecule has 1 aliphatic heterocycles. The van der Waals surface area contributed by atoms with Crippen LogP contribution < -0.4 is 11.1 Å². The minimum atomic E-state index is -0.411. The number of amides is 1. The van der Waals surface area contributed by atoms with Gasteiger partial charge in [-0.1, -0.05) is 30.3 Å². The van der Waals surface area contributed by atoms with E-state index < -0.39 is 6.17 Å². The number of fused-ring (bicyclic) bond motifs is 3. The molecule has 0 unspecified atom stereocenters. The number of aromatic amines is 1. The summed E-state index contributed by atoms with van der Waals surface area (Å²) in [4.78, 5) is 18.0. The third kappa shape index (κ3) is 3.38. The molecule has 2 atom stereocenters. The third-order valence-electron chi connectivity index (χ3n) is 6.09. The van der Waals surface area contributed by atoms with Crippen molar-refractivity contribution in [1.82, 2.24) is 9.88 Å². The second-order valence-corrected chi connectivity index (χ2v) is 8.39. The molecule has 29 heavy (non-hydrogen) atoms. The van der Waals surface area contributed by atoms with Gasteiger partial charge < -0.3 is 20.9 Å². The number of benzene rings is 2. The van der Waals surface area contributed by atoms with Crippen LogP contribution in [-0.4, -0.2) is 34.4 Å². The molecule has 6 heteroatoms. The van der Waals surface area contributed by atoms with Crippen LogP contribution >= 0.6 is 11.6 Å². The maximum absolute atomic E-state index is 12.7. The standard InChI is InChI=1S/C23H25ClN4O/c24-12-21(29)28-20(25)11-18-17-3-1-2-4-19(17)27-22(18)23(28)15-7-9-16(10-8-15)26-13-14-5-6-14/h1-4,7-10,14,20,23,26-27H,5-6,11-13,25H2/t20-,23+/m1/s1. The molecule has 0 saturated heterocycles. The molecule has 1 amide bonds. The summed E-state index contributed by atoms with van der Waals surface area (Å²) in [6.45, 7) is 1.02. The first-order valence-corrected chi connectivity index (χ1v) is 10.7. The van der Waals surface area contributed by atoms with Crippen LogP contribution in [0.3, 0.4) is 0 Å². The van der Waals surface area contributed by atoms with Gasteiger partial charge >= 0.3 is 0 Å². The number of halogens is 1. The Morgan fingerprint density at radius 3 is 2.66 bits per heavy atom. The Balaban J connectivity index is 1.56. The van der Waals surface area contributed by atoms with Gasteiger partial charge in [-0.3, -0.25) is 4.79 Å². The summed E-state index contributed by atoms with van der Waals surface area (Å²) in [5.74, 6) is 0.585. The predicted molar refractivity (Wildman–Crippen MR) is 117 cm³/mol. The number of nitrogens with two attached hydrogens (primary N) is 1. The predicted octanol–water partition coefficient (Wildman–Crippen LogP) is 3.99. The van der Waals surface area contributed by atoms with Crippen molar-refractivity contribution in [3.8, 4) is 0 Å². The van der Waals surface area contributed by atoms with Gasteiger partial charge in [0.2, 0.25) is 5.91 Å². The van der Waals surface area contributed by atoms with Crippen molar-refractivity contribution >= 4 is 34.1 Å². The molecule has 5 rings (SSSR count). The van der Waals surface area contributed by atoms with Crippen LogP contribution in [0.4, 0.5) is 5.69 Å². The largest absolute Gasteiger partial charge is 0.385 e. The Hall–Kier alpha value is -2.50. The topological polar surface area (TPSA) is 74.2 Å². The van der Waals surface area contributed by atoms with Gasteiger partial charge in [-0.25, -0.2) is 0 Å². The van der Waals surface area contributed by atoms with Crippen molar-refractivity contribution in [3.05, 3.63) is 65.4 Å². The number of carbonyl (C=O) groups is 1. The fourth-order valence-corrected chi connectivity index (χ4v) is 4.54. The van der Waals surface area contributed by atoms with Crippen molar-refractivity contribution in [2.24, 2.45) is 11.7 Å². The fraction of sp³-hybridized carbons (Fsp3) is 0.348. The lowest BCUT2D eigenvalue weighted by molar-refractivity contribution is -0.133. The van der Waals surface area contributed by atoms with Gasteiger partial charge in [0.05, 0.1) is 12.2 Å². The normalized spacial score (nSPS) is 21.2. The van der Waals surface area contributed by atoms with Crippen molar-refractivity contribution in [2.75, 3.05) is 17.7 Å². The molecule has 2 aliphatic rings. The summed E-state index contributed by atoms with van der Waals surface area (Å²) in [5.41, 5.74) is 11.9. The Morgan fingerprint density at radius 1 is 1.17 bits per heavy atom. The van der Waals surface area contributed by atoms with E-state index in [0.717, 1.165) is 34.9 Å². The lowest BCUT2D eigenvalue weighted by atomic mass is 9.90. The molecule has 1 aromatic heterocycles. The van der Waals surface area contributed by atoms with Crippen LogP contribution in [0.2, 0.25) is 0 Å². The highest BCUT2D eigenvalue weighted by molar-refractivity contribution is 6.27. The molecule has 0 spiro atoms. The number of nitrogens with one attached hydrogen (secondary N) is 2. The number of alkyl halides is 1. The monoisotopic (exact) mass is 408 g/mol. The maximum Gasteiger partial charge on any atom is 0.239 e. The van der Waals surface area contributed by atoms with Crippen molar-refractivity contribution in [2.45, 2.75) is 31.5 Å². The van der Waals surface area contributed by atoms with Crippen molar-refractivity contribution < 1.29 is 4.79 Å². The van der Waals surface area contributed by atoms with Crippen LogP contribution in [0.15, 0.2) is 48.5 Å². The molecule has 0 radical (unpaired) electrons. The lowest BCUT2D eigenvalue weighted by Gasteiger charge is -2.40. The Labute approximate surface area is 175 Å². The van der Waals surface area contributed by atoms with Gasteiger partial charge in [0.1, 0.15) is 5.88 Å². The first kappa shape index (κ1) is 18.5. The van der Waals surface area contributed by atoms with Gasteiger partial charge in [-0.05, 0) is 48.1 Å². The lowest BCUT2D eigenvalue weighted by Crippen LogP contribution is -2.52. The van der Waals surface area contributed by atoms with E-state index in [4.69, 9.17) is 17.3 Å². The Morgan fingerprint density at radius 2 is 1.93 bits per heavy atom. The van der Waals surface area contributed by atoms with Gasteiger partial charge in [0, 0.05) is 35.2 Å². The van der Waals surface area contributed by atoms with E-state index in [1.807, 2.05) is 12.1 Å². The fourth-order valence-electron chi connectivity index (χ4n) is 4.40. The minimum absolute atomic E-state index is 0.0826. The quantitative estimate of drug-likeness (QED) is 0.559. The second-order valence-electron chi connectivity index (χ2n) is 8.12. The number of carbonyl (C=O) groups excluding carboxylic acids is 1. The van der Waals surface area contributed by atoms with E-state index in [1.165, 1.54) is 23.8 Å². The van der Waals surface area contributed by atoms with Gasteiger partial charge in [-0.2, -0.15) is 0 Å². The molecule has 5 nitrogen and oxygen atoms in total. The number of H-pyrrole nitrogens is 1. The number of rotatable bonds is 5. The summed E-state index contributed by atoms with van der Waals surface area (Å²) in [5, 5.41) is 4.67. The second kappa shape index (κ2) is 7.39. The zero-order valence-corrected chi connectivity index (χ0v) is 17.0. The number of nitrogens with zero attached hydrogens (tertiary/aromatic N) is 1. The first-order valence-electron chi connectivity index (χ1n) is 10.2. The number of para-hydroxylation sites is 1. The highest BCUT2D eigenvalue weighted by Crippen LogP contribution is 2.40. The van der Waals surface area contributed by atoms with Crippen molar-refractivity contribution in [3.63, 3.8) is 0 Å².